The van der Waals surface area contributed by atoms with Crippen LogP contribution in [-0.2, 0) is 24.5 Å². The third-order valence-electron chi connectivity index (χ3n) is 6.16. The summed E-state index contributed by atoms with van der Waals surface area (Å²) in [4.78, 5) is 20.8. The number of thioether (sulfide) groups is 1. The van der Waals surface area contributed by atoms with Gasteiger partial charge >= 0.3 is 0 Å². The molecule has 5 rings (SSSR count). The van der Waals surface area contributed by atoms with Crippen molar-refractivity contribution in [2.75, 3.05) is 6.61 Å². The van der Waals surface area contributed by atoms with E-state index in [4.69, 9.17) is 26.1 Å². The van der Waals surface area contributed by atoms with E-state index < -0.39 is 0 Å². The number of amides is 1. The van der Waals surface area contributed by atoms with Crippen molar-refractivity contribution in [2.24, 2.45) is 4.99 Å². The Kier molecular flexibility index (Phi) is 9.22. The van der Waals surface area contributed by atoms with Crippen LogP contribution in [0.5, 0.6) is 11.5 Å². The SMILES string of the molecule is CCOc1cc(/C=C2/SC(=NCc3ccccc3)N(Cc3ccccc3)C2=O)ccc1OCc1cccc(Cl)c1. The molecule has 0 bridgehead atoms. The summed E-state index contributed by atoms with van der Waals surface area (Å²) in [7, 11) is 0. The third-order valence-corrected chi connectivity index (χ3v) is 7.44. The number of aliphatic imine (C=N–C) groups is 1. The second kappa shape index (κ2) is 13.4. The van der Waals surface area contributed by atoms with Crippen LogP contribution in [0.2, 0.25) is 5.02 Å². The molecule has 4 aromatic rings. The van der Waals surface area contributed by atoms with E-state index in [0.29, 0.717) is 52.9 Å². The molecule has 40 heavy (non-hydrogen) atoms. The second-order valence-corrected chi connectivity index (χ2v) is 10.6. The predicted octanol–water partition coefficient (Wildman–Crippen LogP) is 7.99. The van der Waals surface area contributed by atoms with Gasteiger partial charge in [-0.2, -0.15) is 0 Å². The number of amidine groups is 1. The average Bonchev–Trinajstić information content (AvgIpc) is 3.26. The van der Waals surface area contributed by atoms with E-state index in [2.05, 4.69) is 0 Å². The zero-order chi connectivity index (χ0) is 27.7. The standard InChI is InChI=1S/C33H29ClN2O3S/c1-2-38-30-19-26(16-17-29(30)39-23-27-14-9-15-28(34)18-27)20-31-32(37)36(22-25-12-7-4-8-13-25)33(40-31)35-21-24-10-5-3-6-11-24/h3-20H,2,21-23H2,1H3/b31-20+,35-33?. The van der Waals surface area contributed by atoms with Crippen molar-refractivity contribution < 1.29 is 14.3 Å². The van der Waals surface area contributed by atoms with Crippen molar-refractivity contribution in [1.29, 1.82) is 0 Å². The molecular formula is C33H29ClN2O3S. The van der Waals surface area contributed by atoms with Gasteiger partial charge in [-0.3, -0.25) is 14.7 Å². The largest absolute Gasteiger partial charge is 0.490 e. The highest BCUT2D eigenvalue weighted by Crippen LogP contribution is 2.36. The van der Waals surface area contributed by atoms with Gasteiger partial charge in [0.1, 0.15) is 6.61 Å². The molecule has 0 aliphatic carbocycles. The Morgan fingerprint density at radius 1 is 0.825 bits per heavy atom. The van der Waals surface area contributed by atoms with Crippen molar-refractivity contribution in [2.45, 2.75) is 26.6 Å². The van der Waals surface area contributed by atoms with E-state index in [0.717, 1.165) is 22.3 Å². The highest BCUT2D eigenvalue weighted by molar-refractivity contribution is 8.18. The van der Waals surface area contributed by atoms with Crippen molar-refractivity contribution >= 4 is 40.5 Å². The number of nitrogens with zero attached hydrogens (tertiary/aromatic N) is 2. The molecule has 4 aromatic carbocycles. The van der Waals surface area contributed by atoms with Gasteiger partial charge in [-0.05, 0) is 71.3 Å². The number of ether oxygens (including phenoxy) is 2. The van der Waals surface area contributed by atoms with Crippen molar-refractivity contribution in [3.63, 3.8) is 0 Å². The predicted molar refractivity (Wildman–Crippen MR) is 164 cm³/mol. The zero-order valence-electron chi connectivity index (χ0n) is 22.1. The molecule has 202 valence electrons. The Balaban J connectivity index is 1.39. The van der Waals surface area contributed by atoms with Crippen LogP contribution in [0.25, 0.3) is 6.08 Å². The van der Waals surface area contributed by atoms with Gasteiger partial charge in [-0.25, -0.2) is 0 Å². The van der Waals surface area contributed by atoms with Gasteiger partial charge in [-0.1, -0.05) is 90.5 Å². The minimum Gasteiger partial charge on any atom is -0.490 e. The van der Waals surface area contributed by atoms with Crippen LogP contribution in [0.4, 0.5) is 0 Å². The Morgan fingerprint density at radius 2 is 1.55 bits per heavy atom. The fourth-order valence-electron chi connectivity index (χ4n) is 4.21. The van der Waals surface area contributed by atoms with Gasteiger partial charge in [-0.15, -0.1) is 0 Å². The Bertz CT molecular complexity index is 1520. The molecule has 0 aromatic heterocycles. The first kappa shape index (κ1) is 27.6. The number of halogens is 1. The van der Waals surface area contributed by atoms with E-state index in [1.807, 2.05) is 116 Å². The van der Waals surface area contributed by atoms with Crippen LogP contribution in [0.1, 0.15) is 29.2 Å². The van der Waals surface area contributed by atoms with Gasteiger partial charge in [0.15, 0.2) is 16.7 Å². The molecule has 0 spiro atoms. The van der Waals surface area contributed by atoms with E-state index in [9.17, 15) is 4.79 Å². The zero-order valence-corrected chi connectivity index (χ0v) is 23.7. The molecule has 1 aliphatic heterocycles. The summed E-state index contributed by atoms with van der Waals surface area (Å²) in [5.41, 5.74) is 3.95. The molecule has 1 heterocycles. The third kappa shape index (κ3) is 7.14. The summed E-state index contributed by atoms with van der Waals surface area (Å²) < 4.78 is 11.9. The summed E-state index contributed by atoms with van der Waals surface area (Å²) in [5.74, 6) is 1.18. The van der Waals surface area contributed by atoms with Crippen molar-refractivity contribution in [3.8, 4) is 11.5 Å². The monoisotopic (exact) mass is 568 g/mol. The quantitative estimate of drug-likeness (QED) is 0.182. The van der Waals surface area contributed by atoms with E-state index >= 15 is 0 Å². The summed E-state index contributed by atoms with van der Waals surface area (Å²) in [6.45, 7) is 3.74. The Hall–Kier alpha value is -4.00. The van der Waals surface area contributed by atoms with E-state index in [1.165, 1.54) is 11.8 Å². The Morgan fingerprint density at radius 3 is 2.27 bits per heavy atom. The molecule has 1 fully saturated rings. The summed E-state index contributed by atoms with van der Waals surface area (Å²) in [6.07, 6.45) is 1.89. The topological polar surface area (TPSA) is 51.1 Å². The fourth-order valence-corrected chi connectivity index (χ4v) is 5.40. The number of hydrogen-bond acceptors (Lipinski definition) is 5. The maximum Gasteiger partial charge on any atom is 0.267 e. The highest BCUT2D eigenvalue weighted by atomic mass is 35.5. The molecule has 0 unspecified atom stereocenters. The lowest BCUT2D eigenvalue weighted by Gasteiger charge is -2.15. The van der Waals surface area contributed by atoms with Crippen molar-refractivity contribution in [3.05, 3.63) is 135 Å². The van der Waals surface area contributed by atoms with Crippen LogP contribution in [0.15, 0.2) is 113 Å². The second-order valence-electron chi connectivity index (χ2n) is 9.13. The first-order chi connectivity index (χ1) is 19.6. The van der Waals surface area contributed by atoms with Gasteiger partial charge in [0.05, 0.1) is 24.6 Å². The average molecular weight is 569 g/mol. The maximum absolute atomic E-state index is 13.6. The Labute approximate surface area is 244 Å². The first-order valence-electron chi connectivity index (χ1n) is 13.1. The van der Waals surface area contributed by atoms with Gasteiger partial charge in [0.2, 0.25) is 0 Å². The number of hydrogen-bond donors (Lipinski definition) is 0. The van der Waals surface area contributed by atoms with Gasteiger partial charge < -0.3 is 9.47 Å². The lowest BCUT2D eigenvalue weighted by Crippen LogP contribution is -2.28. The fraction of sp³-hybridized carbons (Fsp3) is 0.152. The molecule has 0 radical (unpaired) electrons. The molecular weight excluding hydrogens is 540 g/mol. The van der Waals surface area contributed by atoms with Gasteiger partial charge in [0.25, 0.3) is 5.91 Å². The van der Waals surface area contributed by atoms with E-state index in [1.54, 1.807) is 4.90 Å². The minimum absolute atomic E-state index is 0.0695. The van der Waals surface area contributed by atoms with Crippen LogP contribution < -0.4 is 9.47 Å². The molecule has 0 atom stereocenters. The molecule has 5 nitrogen and oxygen atoms in total. The van der Waals surface area contributed by atoms with Crippen LogP contribution in [0, 0.1) is 0 Å². The molecule has 0 N–H and O–H groups in total. The van der Waals surface area contributed by atoms with Gasteiger partial charge in [0, 0.05) is 5.02 Å². The summed E-state index contributed by atoms with van der Waals surface area (Å²) in [5, 5.41) is 1.36. The lowest BCUT2D eigenvalue weighted by molar-refractivity contribution is -0.122. The van der Waals surface area contributed by atoms with E-state index in [-0.39, 0.29) is 5.91 Å². The van der Waals surface area contributed by atoms with Crippen LogP contribution >= 0.6 is 23.4 Å². The number of carbonyl (C=O) groups is 1. The molecule has 0 saturated carbocycles. The smallest absolute Gasteiger partial charge is 0.267 e. The van der Waals surface area contributed by atoms with Crippen LogP contribution in [-0.4, -0.2) is 22.6 Å². The summed E-state index contributed by atoms with van der Waals surface area (Å²) in [6, 6.07) is 33.3. The number of benzene rings is 4. The minimum atomic E-state index is -0.0695. The summed E-state index contributed by atoms with van der Waals surface area (Å²) >= 11 is 7.51. The maximum atomic E-state index is 13.6. The van der Waals surface area contributed by atoms with Crippen LogP contribution in [0.3, 0.4) is 0 Å². The first-order valence-corrected chi connectivity index (χ1v) is 14.3. The normalized spacial score (nSPS) is 15.2. The molecule has 1 aliphatic rings. The number of carbonyl (C=O) groups excluding carboxylic acids is 1. The lowest BCUT2D eigenvalue weighted by atomic mass is 10.1. The molecule has 1 saturated heterocycles. The molecule has 1 amide bonds. The number of rotatable bonds is 10. The molecule has 7 heteroatoms. The van der Waals surface area contributed by atoms with Crippen molar-refractivity contribution in [1.82, 2.24) is 4.90 Å². The highest BCUT2D eigenvalue weighted by Gasteiger charge is 2.33.